The summed E-state index contributed by atoms with van der Waals surface area (Å²) in [5, 5.41) is 0. The first-order valence-corrected chi connectivity index (χ1v) is 11.9. The van der Waals surface area contributed by atoms with Gasteiger partial charge >= 0.3 is 92.6 Å². The molecule has 2 aliphatic carbocycles. The van der Waals surface area contributed by atoms with E-state index in [0.717, 1.165) is 0 Å². The van der Waals surface area contributed by atoms with Gasteiger partial charge in [0.05, 0.1) is 0 Å². The monoisotopic (exact) mass is 240 g/mol. The van der Waals surface area contributed by atoms with Crippen LogP contribution in [0.25, 0.3) is 0 Å². The predicted octanol–water partition coefficient (Wildman–Crippen LogP) is 3.28. The van der Waals surface area contributed by atoms with Crippen LogP contribution in [-0.4, -0.2) is 7.17 Å². The van der Waals surface area contributed by atoms with Crippen LogP contribution in [0.1, 0.15) is 12.8 Å². The fourth-order valence-corrected chi connectivity index (χ4v) is 13.5. The van der Waals surface area contributed by atoms with E-state index in [0.29, 0.717) is 0 Å². The zero-order valence-electron chi connectivity index (χ0n) is 8.90. The molecule has 0 aliphatic heterocycles. The second kappa shape index (κ2) is 4.52. The van der Waals surface area contributed by atoms with Crippen LogP contribution < -0.4 is 0 Å². The topological polar surface area (TPSA) is 0 Å². The van der Waals surface area contributed by atoms with Gasteiger partial charge < -0.3 is 0 Å². The van der Waals surface area contributed by atoms with Gasteiger partial charge in [-0.3, -0.25) is 0 Å². The standard InChI is InChI=1S/2C5H5.C2H7Si.V/c2*1-2-4-5-3-1;1-3-2;/h2*1-3H,4H2;3H,1-2H3;. The fraction of sp³-hybridized carbons (Fsp3) is 0.333. The molecule has 0 saturated carbocycles. The summed E-state index contributed by atoms with van der Waals surface area (Å²) in [5.41, 5.74) is 0. The molecule has 0 aromatic rings. The minimum absolute atomic E-state index is 0.463. The van der Waals surface area contributed by atoms with E-state index in [-0.39, 0.29) is 0 Å². The maximum absolute atomic E-state index is 2.53. The van der Waals surface area contributed by atoms with Crippen molar-refractivity contribution in [3.8, 4) is 0 Å². The van der Waals surface area contributed by atoms with Gasteiger partial charge in [0.15, 0.2) is 0 Å². The molecule has 0 fully saturated rings. The van der Waals surface area contributed by atoms with Crippen molar-refractivity contribution in [2.45, 2.75) is 25.9 Å². The van der Waals surface area contributed by atoms with Crippen LogP contribution >= 0.6 is 0 Å². The molecule has 2 heteroatoms. The third-order valence-corrected chi connectivity index (χ3v) is 14.2. The number of hydrogen-bond acceptors (Lipinski definition) is 0. The van der Waals surface area contributed by atoms with E-state index >= 15 is 0 Å². The summed E-state index contributed by atoms with van der Waals surface area (Å²) in [4.78, 5) is 0. The van der Waals surface area contributed by atoms with Gasteiger partial charge in [0, 0.05) is 0 Å². The minimum atomic E-state index is -0.750. The molecule has 0 atom stereocenters. The van der Waals surface area contributed by atoms with E-state index in [2.05, 4.69) is 49.6 Å². The Labute approximate surface area is 92.6 Å². The van der Waals surface area contributed by atoms with Crippen molar-refractivity contribution in [2.24, 2.45) is 0 Å². The van der Waals surface area contributed by atoms with Gasteiger partial charge in [0.2, 0.25) is 0 Å². The Balaban J connectivity index is 2.16. The van der Waals surface area contributed by atoms with Gasteiger partial charge in [-0.1, -0.05) is 0 Å². The maximum atomic E-state index is 2.53. The molecule has 0 spiro atoms. The Morgan fingerprint density at radius 1 is 1.00 bits per heavy atom. The van der Waals surface area contributed by atoms with Crippen LogP contribution in [0, 0.1) is 0 Å². The first-order chi connectivity index (χ1) is 6.79. The van der Waals surface area contributed by atoms with Crippen molar-refractivity contribution in [2.75, 3.05) is 0 Å². The summed E-state index contributed by atoms with van der Waals surface area (Å²) >= 11 is -0.750. The van der Waals surface area contributed by atoms with Gasteiger partial charge in [0.1, 0.15) is 0 Å². The zero-order valence-corrected chi connectivity index (χ0v) is 11.5. The van der Waals surface area contributed by atoms with E-state index in [4.69, 9.17) is 0 Å². The van der Waals surface area contributed by atoms with Crippen molar-refractivity contribution in [3.63, 3.8) is 0 Å². The molecule has 0 radical (unpaired) electrons. The summed E-state index contributed by atoms with van der Waals surface area (Å²) in [7, 11) is -0.463. The third kappa shape index (κ3) is 2.05. The molecule has 14 heavy (non-hydrogen) atoms. The van der Waals surface area contributed by atoms with Crippen LogP contribution in [0.15, 0.2) is 45.0 Å². The van der Waals surface area contributed by atoms with Crippen molar-refractivity contribution >= 4 is 7.17 Å². The molecule has 0 N–H and O–H groups in total. The predicted molar refractivity (Wildman–Crippen MR) is 62.6 cm³/mol. The van der Waals surface area contributed by atoms with Crippen molar-refractivity contribution in [1.29, 1.82) is 0 Å². The van der Waals surface area contributed by atoms with Crippen LogP contribution in [-0.2, 0) is 14.5 Å². The van der Waals surface area contributed by atoms with Gasteiger partial charge in [-0.15, -0.1) is 0 Å². The Hall–Kier alpha value is -0.239. The molecule has 0 heterocycles. The Morgan fingerprint density at radius 2 is 1.50 bits per heavy atom. The SMILES string of the molecule is C[SiH](C)[V]([C]1=CC=CC1)[C]1=CC=CC1. The van der Waals surface area contributed by atoms with Crippen molar-refractivity contribution < 1.29 is 14.5 Å². The molecule has 0 unspecified atom stereocenters. The average Bonchev–Trinajstić information content (AvgIpc) is 2.75. The van der Waals surface area contributed by atoms with Gasteiger partial charge in [0.25, 0.3) is 0 Å². The third-order valence-electron chi connectivity index (χ3n) is 2.64. The number of rotatable bonds is 3. The molecule has 0 aromatic heterocycles. The van der Waals surface area contributed by atoms with E-state index in [1.165, 1.54) is 12.8 Å². The quantitative estimate of drug-likeness (QED) is 0.664. The van der Waals surface area contributed by atoms with Crippen molar-refractivity contribution in [3.05, 3.63) is 45.0 Å². The molecular formula is C12H17SiV. The van der Waals surface area contributed by atoms with E-state index < -0.39 is 21.7 Å². The first kappa shape index (κ1) is 10.3. The van der Waals surface area contributed by atoms with E-state index in [1.54, 1.807) is 8.57 Å². The molecule has 0 saturated heterocycles. The average molecular weight is 240 g/mol. The summed E-state index contributed by atoms with van der Waals surface area (Å²) in [5.74, 6) is 0. The van der Waals surface area contributed by atoms with Crippen LogP contribution in [0.5, 0.6) is 0 Å². The summed E-state index contributed by atoms with van der Waals surface area (Å²) in [6.07, 6.45) is 16.4. The molecular weight excluding hydrogens is 223 g/mol. The summed E-state index contributed by atoms with van der Waals surface area (Å²) in [6.45, 7) is 5.05. The Bertz CT molecular complexity index is 304. The molecule has 74 valence electrons. The molecule has 2 aliphatic rings. The Morgan fingerprint density at radius 3 is 1.79 bits per heavy atom. The molecule has 0 aromatic carbocycles. The molecule has 0 bridgehead atoms. The molecule has 0 amide bonds. The second-order valence-electron chi connectivity index (χ2n) is 4.04. The van der Waals surface area contributed by atoms with Crippen molar-refractivity contribution in [1.82, 2.24) is 0 Å². The number of hydrogen-bond donors (Lipinski definition) is 0. The molecule has 2 rings (SSSR count). The summed E-state index contributed by atoms with van der Waals surface area (Å²) < 4.78 is 3.60. The fourth-order valence-electron chi connectivity index (χ4n) is 2.08. The van der Waals surface area contributed by atoms with Gasteiger partial charge in [-0.05, 0) is 0 Å². The number of allylic oxidation sites excluding steroid dienone is 8. The van der Waals surface area contributed by atoms with E-state index in [1.807, 2.05) is 0 Å². The van der Waals surface area contributed by atoms with Crippen LogP contribution in [0.3, 0.4) is 0 Å². The van der Waals surface area contributed by atoms with Gasteiger partial charge in [-0.25, -0.2) is 0 Å². The van der Waals surface area contributed by atoms with Crippen LogP contribution in [0.4, 0.5) is 0 Å². The normalized spacial score (nSPS) is 19.7. The molecule has 0 nitrogen and oxygen atoms in total. The van der Waals surface area contributed by atoms with Crippen LogP contribution in [0.2, 0.25) is 13.1 Å². The summed E-state index contributed by atoms with van der Waals surface area (Å²) in [6, 6.07) is 0. The van der Waals surface area contributed by atoms with Gasteiger partial charge in [-0.2, -0.15) is 0 Å². The second-order valence-corrected chi connectivity index (χ2v) is 16.1. The first-order valence-electron chi connectivity index (χ1n) is 5.29. The zero-order chi connectivity index (χ0) is 9.97. The van der Waals surface area contributed by atoms with E-state index in [9.17, 15) is 0 Å². The Kier molecular flexibility index (Phi) is 3.32.